The van der Waals surface area contributed by atoms with Gasteiger partial charge in [-0.15, -0.1) is 11.3 Å². The Labute approximate surface area is 190 Å². The summed E-state index contributed by atoms with van der Waals surface area (Å²) in [6.45, 7) is 1.19. The van der Waals surface area contributed by atoms with Crippen LogP contribution in [-0.4, -0.2) is 29.8 Å². The van der Waals surface area contributed by atoms with Gasteiger partial charge in [0.15, 0.2) is 0 Å². The van der Waals surface area contributed by atoms with Gasteiger partial charge in [-0.2, -0.15) is 0 Å². The maximum Gasteiger partial charge on any atom is 0.263 e. The number of fused-ring (bicyclic) bond motifs is 1. The molecule has 32 heavy (non-hydrogen) atoms. The molecular weight excluding hydrogens is 420 g/mol. The van der Waals surface area contributed by atoms with E-state index in [9.17, 15) is 9.59 Å². The predicted octanol–water partition coefficient (Wildman–Crippen LogP) is 5.25. The Morgan fingerprint density at radius 2 is 1.72 bits per heavy atom. The minimum absolute atomic E-state index is 0.00234. The zero-order valence-corrected chi connectivity index (χ0v) is 18.4. The van der Waals surface area contributed by atoms with E-state index >= 15 is 0 Å². The van der Waals surface area contributed by atoms with Gasteiger partial charge in [-0.25, -0.2) is 0 Å². The standard InChI is InChI=1S/C26H24N2O3S/c29-25(19-12-14-28(15-13-19)26(30)23-11-6-16-32-23)27-24(18-7-2-1-3-8-18)22-17-20-9-4-5-10-21(20)31-22/h1-11,16-17,19,24H,12-15H2,(H,27,29). The number of piperidine rings is 1. The number of furan rings is 1. The van der Waals surface area contributed by atoms with E-state index in [2.05, 4.69) is 5.32 Å². The van der Waals surface area contributed by atoms with Crippen LogP contribution < -0.4 is 5.32 Å². The molecule has 0 radical (unpaired) electrons. The highest BCUT2D eigenvalue weighted by Crippen LogP contribution is 2.29. The molecule has 4 aromatic rings. The summed E-state index contributed by atoms with van der Waals surface area (Å²) in [6, 6.07) is 23.1. The monoisotopic (exact) mass is 444 g/mol. The fourth-order valence-electron chi connectivity index (χ4n) is 4.27. The Hall–Kier alpha value is -3.38. The maximum absolute atomic E-state index is 13.2. The van der Waals surface area contributed by atoms with Crippen LogP contribution in [-0.2, 0) is 4.79 Å². The zero-order chi connectivity index (χ0) is 21.9. The highest BCUT2D eigenvalue weighted by atomic mass is 32.1. The van der Waals surface area contributed by atoms with Crippen molar-refractivity contribution in [3.63, 3.8) is 0 Å². The molecule has 1 fully saturated rings. The molecule has 6 heteroatoms. The van der Waals surface area contributed by atoms with Crippen molar-refractivity contribution in [3.8, 4) is 0 Å². The summed E-state index contributed by atoms with van der Waals surface area (Å²) < 4.78 is 6.10. The highest BCUT2D eigenvalue weighted by Gasteiger charge is 2.30. The van der Waals surface area contributed by atoms with E-state index in [1.54, 1.807) is 0 Å². The number of thiophene rings is 1. The molecule has 1 aliphatic rings. The van der Waals surface area contributed by atoms with Gasteiger partial charge in [0.2, 0.25) is 5.91 Å². The second kappa shape index (κ2) is 9.01. The summed E-state index contributed by atoms with van der Waals surface area (Å²) in [6.07, 6.45) is 1.31. The lowest BCUT2D eigenvalue weighted by atomic mass is 9.94. The number of rotatable bonds is 5. The Balaban J connectivity index is 1.31. The number of amides is 2. The van der Waals surface area contributed by atoms with Gasteiger partial charge in [0.1, 0.15) is 17.4 Å². The van der Waals surface area contributed by atoms with E-state index in [1.807, 2.05) is 83.1 Å². The number of carbonyl (C=O) groups is 2. The van der Waals surface area contributed by atoms with Gasteiger partial charge >= 0.3 is 0 Å². The molecule has 1 saturated heterocycles. The highest BCUT2D eigenvalue weighted by molar-refractivity contribution is 7.12. The van der Waals surface area contributed by atoms with Crippen molar-refractivity contribution in [2.75, 3.05) is 13.1 Å². The Kier molecular flexibility index (Phi) is 5.77. The molecule has 1 N–H and O–H groups in total. The average molecular weight is 445 g/mol. The molecule has 1 unspecified atom stereocenters. The van der Waals surface area contributed by atoms with Crippen LogP contribution in [0.1, 0.15) is 39.9 Å². The molecule has 2 amide bonds. The molecule has 5 nitrogen and oxygen atoms in total. The molecule has 0 saturated carbocycles. The molecule has 162 valence electrons. The largest absolute Gasteiger partial charge is 0.459 e. The molecule has 5 rings (SSSR count). The van der Waals surface area contributed by atoms with E-state index in [-0.39, 0.29) is 23.8 Å². The molecule has 1 aliphatic heterocycles. The molecular formula is C26H24N2O3S. The van der Waals surface area contributed by atoms with Crippen LogP contribution in [0.2, 0.25) is 0 Å². The molecule has 1 atom stereocenters. The van der Waals surface area contributed by atoms with E-state index < -0.39 is 0 Å². The molecule has 0 bridgehead atoms. The van der Waals surface area contributed by atoms with E-state index in [0.29, 0.717) is 25.9 Å². The zero-order valence-electron chi connectivity index (χ0n) is 17.6. The lowest BCUT2D eigenvalue weighted by Crippen LogP contribution is -2.43. The van der Waals surface area contributed by atoms with Crippen molar-refractivity contribution in [2.45, 2.75) is 18.9 Å². The summed E-state index contributed by atoms with van der Waals surface area (Å²) in [5.74, 6) is 0.653. The molecule has 2 aromatic heterocycles. The fraction of sp³-hybridized carbons (Fsp3) is 0.231. The van der Waals surface area contributed by atoms with E-state index in [1.165, 1.54) is 11.3 Å². The summed E-state index contributed by atoms with van der Waals surface area (Å²) in [5.41, 5.74) is 1.78. The first kappa shape index (κ1) is 20.5. The smallest absolute Gasteiger partial charge is 0.263 e. The van der Waals surface area contributed by atoms with Gasteiger partial charge in [0, 0.05) is 24.4 Å². The maximum atomic E-state index is 13.2. The van der Waals surface area contributed by atoms with Gasteiger partial charge in [0.25, 0.3) is 5.91 Å². The number of carbonyl (C=O) groups excluding carboxylic acids is 2. The number of nitrogens with one attached hydrogen (secondary N) is 1. The summed E-state index contributed by atoms with van der Waals surface area (Å²) in [7, 11) is 0. The Morgan fingerprint density at radius 1 is 0.969 bits per heavy atom. The Morgan fingerprint density at radius 3 is 2.44 bits per heavy atom. The third-order valence-corrected chi connectivity index (χ3v) is 6.89. The van der Waals surface area contributed by atoms with E-state index in [4.69, 9.17) is 4.42 Å². The first-order valence-corrected chi connectivity index (χ1v) is 11.7. The SMILES string of the molecule is O=C(NC(c1ccccc1)c1cc2ccccc2o1)C1CCN(C(=O)c2cccs2)CC1. The van der Waals surface area contributed by atoms with Gasteiger partial charge in [-0.3, -0.25) is 9.59 Å². The van der Waals surface area contributed by atoms with Crippen molar-refractivity contribution in [1.82, 2.24) is 10.2 Å². The second-order valence-corrected chi connectivity index (χ2v) is 9.03. The number of nitrogens with zero attached hydrogens (tertiary/aromatic N) is 1. The first-order chi connectivity index (χ1) is 15.7. The number of hydrogen-bond donors (Lipinski definition) is 1. The van der Waals surface area contributed by atoms with Crippen molar-refractivity contribution in [3.05, 3.63) is 94.4 Å². The van der Waals surface area contributed by atoms with Crippen molar-refractivity contribution < 1.29 is 14.0 Å². The third kappa shape index (κ3) is 4.18. The van der Waals surface area contributed by atoms with Gasteiger partial charge < -0.3 is 14.6 Å². The predicted molar refractivity (Wildman–Crippen MR) is 126 cm³/mol. The van der Waals surface area contributed by atoms with Crippen LogP contribution in [0.15, 0.2) is 82.6 Å². The number of hydrogen-bond acceptors (Lipinski definition) is 4. The molecule has 0 aliphatic carbocycles. The van der Waals surface area contributed by atoms with Crippen molar-refractivity contribution in [2.24, 2.45) is 5.92 Å². The van der Waals surface area contributed by atoms with Crippen LogP contribution in [0.4, 0.5) is 0 Å². The van der Waals surface area contributed by atoms with Crippen LogP contribution in [0.25, 0.3) is 11.0 Å². The quantitative estimate of drug-likeness (QED) is 0.457. The summed E-state index contributed by atoms with van der Waals surface area (Å²) in [5, 5.41) is 6.14. The average Bonchev–Trinajstić information content (AvgIpc) is 3.53. The van der Waals surface area contributed by atoms with Crippen LogP contribution in [0.5, 0.6) is 0 Å². The fourth-order valence-corrected chi connectivity index (χ4v) is 4.96. The molecule has 2 aromatic carbocycles. The van der Waals surface area contributed by atoms with Gasteiger partial charge in [-0.05, 0) is 42.0 Å². The molecule has 0 spiro atoms. The lowest BCUT2D eigenvalue weighted by Gasteiger charge is -2.32. The minimum atomic E-state index is -0.359. The number of likely N-dealkylation sites (tertiary alicyclic amines) is 1. The lowest BCUT2D eigenvalue weighted by molar-refractivity contribution is -0.126. The molecule has 3 heterocycles. The van der Waals surface area contributed by atoms with Crippen LogP contribution >= 0.6 is 11.3 Å². The van der Waals surface area contributed by atoms with Gasteiger partial charge in [-0.1, -0.05) is 54.6 Å². The normalized spacial score (nSPS) is 15.6. The number of benzene rings is 2. The third-order valence-electron chi connectivity index (χ3n) is 6.03. The second-order valence-electron chi connectivity index (χ2n) is 8.08. The van der Waals surface area contributed by atoms with E-state index in [0.717, 1.165) is 27.2 Å². The van der Waals surface area contributed by atoms with Crippen LogP contribution in [0, 0.1) is 5.92 Å². The first-order valence-electron chi connectivity index (χ1n) is 10.9. The van der Waals surface area contributed by atoms with Crippen molar-refractivity contribution in [1.29, 1.82) is 0 Å². The van der Waals surface area contributed by atoms with Crippen molar-refractivity contribution >= 4 is 34.1 Å². The summed E-state index contributed by atoms with van der Waals surface area (Å²) in [4.78, 5) is 28.4. The topological polar surface area (TPSA) is 62.6 Å². The van der Waals surface area contributed by atoms with Crippen LogP contribution in [0.3, 0.4) is 0 Å². The summed E-state index contributed by atoms with van der Waals surface area (Å²) >= 11 is 1.46. The van der Waals surface area contributed by atoms with Gasteiger partial charge in [0.05, 0.1) is 4.88 Å². The minimum Gasteiger partial charge on any atom is -0.459 e. The number of para-hydroxylation sites is 1. The Bertz CT molecular complexity index is 1180.